The van der Waals surface area contributed by atoms with E-state index in [9.17, 15) is 0 Å². The Morgan fingerprint density at radius 3 is 2.35 bits per heavy atom. The van der Waals surface area contributed by atoms with Crippen LogP contribution in [0.5, 0.6) is 0 Å². The van der Waals surface area contributed by atoms with Gasteiger partial charge in [-0.3, -0.25) is 0 Å². The highest BCUT2D eigenvalue weighted by molar-refractivity contribution is 7.73. The van der Waals surface area contributed by atoms with Crippen LogP contribution >= 0.6 is 23.6 Å². The van der Waals surface area contributed by atoms with Gasteiger partial charge in [0.2, 0.25) is 0 Å². The summed E-state index contributed by atoms with van der Waals surface area (Å²) in [6.45, 7) is 9.87. The first-order chi connectivity index (χ1) is 14.7. The highest BCUT2D eigenvalue weighted by Gasteiger charge is 2.39. The summed E-state index contributed by atoms with van der Waals surface area (Å²) in [5.74, 6) is 0.823. The molecule has 2 saturated carbocycles. The standard InChI is InChI=1S/C24H33NS2.C2H7NO/c1-23(2,3)18-13-17(14-19(15-18)24(4)10-11-24)21-20(25-22(26)27-21)12-16-8-6-5-7-9-16;3-1-2-4/h13-16H,5-12H2,1-4H3,(H,25,26);4H,1-3H2. The van der Waals surface area contributed by atoms with Crippen LogP contribution in [0.3, 0.4) is 0 Å². The molecule has 0 spiro atoms. The molecule has 5 heteroatoms. The first-order valence-corrected chi connectivity index (χ1v) is 13.1. The van der Waals surface area contributed by atoms with Crippen molar-refractivity contribution >= 4 is 23.6 Å². The highest BCUT2D eigenvalue weighted by Crippen LogP contribution is 2.49. The van der Waals surface area contributed by atoms with E-state index in [2.05, 4.69) is 50.9 Å². The summed E-state index contributed by atoms with van der Waals surface area (Å²) < 4.78 is 0.927. The molecule has 1 heterocycles. The normalized spacial score (nSPS) is 18.4. The lowest BCUT2D eigenvalue weighted by atomic mass is 9.82. The Kier molecular flexibility index (Phi) is 8.17. The Balaban J connectivity index is 0.000000628. The van der Waals surface area contributed by atoms with E-state index in [0.717, 1.165) is 16.3 Å². The van der Waals surface area contributed by atoms with Gasteiger partial charge in [-0.1, -0.05) is 65.9 Å². The van der Waals surface area contributed by atoms with Gasteiger partial charge in [0.25, 0.3) is 0 Å². The second kappa shape index (κ2) is 10.3. The van der Waals surface area contributed by atoms with E-state index in [4.69, 9.17) is 23.1 Å². The van der Waals surface area contributed by atoms with E-state index in [1.165, 1.54) is 72.2 Å². The molecule has 1 aromatic carbocycles. The van der Waals surface area contributed by atoms with Crippen molar-refractivity contribution in [3.8, 4) is 10.4 Å². The van der Waals surface area contributed by atoms with Crippen molar-refractivity contribution in [1.82, 2.24) is 4.98 Å². The minimum absolute atomic E-state index is 0.0972. The molecular formula is C26H40N2OS2. The van der Waals surface area contributed by atoms with E-state index in [1.807, 2.05) is 0 Å². The van der Waals surface area contributed by atoms with Crippen molar-refractivity contribution in [3.05, 3.63) is 39.0 Å². The molecule has 0 unspecified atom stereocenters. The fourth-order valence-corrected chi connectivity index (χ4v) is 5.66. The Morgan fingerprint density at radius 1 is 1.16 bits per heavy atom. The third-order valence-electron chi connectivity index (χ3n) is 6.83. The molecule has 1 aromatic heterocycles. The molecule has 0 bridgehead atoms. The van der Waals surface area contributed by atoms with E-state index in [1.54, 1.807) is 11.3 Å². The molecule has 2 aliphatic carbocycles. The van der Waals surface area contributed by atoms with E-state index < -0.39 is 0 Å². The minimum Gasteiger partial charge on any atom is -0.395 e. The Morgan fingerprint density at radius 2 is 1.81 bits per heavy atom. The molecule has 0 saturated heterocycles. The lowest BCUT2D eigenvalue weighted by Crippen LogP contribution is -2.13. The van der Waals surface area contributed by atoms with Crippen LogP contribution in [-0.2, 0) is 17.3 Å². The third kappa shape index (κ3) is 6.50. The topological polar surface area (TPSA) is 62.0 Å². The van der Waals surface area contributed by atoms with Gasteiger partial charge in [-0.25, -0.2) is 0 Å². The molecule has 0 radical (unpaired) electrons. The summed E-state index contributed by atoms with van der Waals surface area (Å²) in [5.41, 5.74) is 11.1. The Labute approximate surface area is 197 Å². The van der Waals surface area contributed by atoms with Crippen LogP contribution in [0.1, 0.15) is 89.5 Å². The van der Waals surface area contributed by atoms with Gasteiger partial charge >= 0.3 is 0 Å². The summed E-state index contributed by atoms with van der Waals surface area (Å²) in [4.78, 5) is 4.95. The van der Waals surface area contributed by atoms with Crippen molar-refractivity contribution < 1.29 is 5.11 Å². The van der Waals surface area contributed by atoms with Crippen LogP contribution in [0.25, 0.3) is 10.4 Å². The molecule has 2 aromatic rings. The summed E-state index contributed by atoms with van der Waals surface area (Å²) in [7, 11) is 0. The van der Waals surface area contributed by atoms with E-state index in [-0.39, 0.29) is 12.0 Å². The SMILES string of the molecule is CC(C)(C)c1cc(-c2sc(=S)[nH]c2CC2CCCCC2)cc(C2(C)CC2)c1.NCCO. The van der Waals surface area contributed by atoms with E-state index >= 15 is 0 Å². The first-order valence-electron chi connectivity index (χ1n) is 11.9. The molecular weight excluding hydrogens is 420 g/mol. The minimum atomic E-state index is 0.0972. The summed E-state index contributed by atoms with van der Waals surface area (Å²) in [6.07, 6.45) is 10.8. The number of H-pyrrole nitrogens is 1. The van der Waals surface area contributed by atoms with Gasteiger partial charge in [0, 0.05) is 12.2 Å². The van der Waals surface area contributed by atoms with Crippen LogP contribution in [-0.4, -0.2) is 23.2 Å². The molecule has 2 fully saturated rings. The number of aromatic amines is 1. The van der Waals surface area contributed by atoms with Crippen LogP contribution in [0.2, 0.25) is 0 Å². The number of aliphatic hydroxyl groups excluding tert-OH is 1. The van der Waals surface area contributed by atoms with Crippen LogP contribution < -0.4 is 5.73 Å². The molecule has 31 heavy (non-hydrogen) atoms. The molecule has 3 nitrogen and oxygen atoms in total. The summed E-state index contributed by atoms with van der Waals surface area (Å²) in [6, 6.07) is 7.35. The average molecular weight is 461 g/mol. The maximum absolute atomic E-state index is 7.75. The maximum atomic E-state index is 7.75. The Hall–Kier alpha value is -1.01. The fraction of sp³-hybridized carbons (Fsp3) is 0.654. The van der Waals surface area contributed by atoms with Crippen molar-refractivity contribution in [1.29, 1.82) is 0 Å². The summed E-state index contributed by atoms with van der Waals surface area (Å²) >= 11 is 7.35. The van der Waals surface area contributed by atoms with Gasteiger partial charge in [-0.2, -0.15) is 0 Å². The van der Waals surface area contributed by atoms with Crippen molar-refractivity contribution in [2.75, 3.05) is 13.2 Å². The number of hydrogen-bond donors (Lipinski definition) is 3. The van der Waals surface area contributed by atoms with Gasteiger partial charge < -0.3 is 15.8 Å². The number of nitrogens with one attached hydrogen (secondary N) is 1. The fourth-order valence-electron chi connectivity index (χ4n) is 4.43. The molecule has 0 atom stereocenters. The maximum Gasteiger partial charge on any atom is 0.159 e. The first kappa shape index (κ1) is 24.6. The van der Waals surface area contributed by atoms with Crippen molar-refractivity contribution in [2.24, 2.45) is 11.7 Å². The molecule has 2 aliphatic rings. The predicted octanol–water partition coefficient (Wildman–Crippen LogP) is 6.88. The van der Waals surface area contributed by atoms with E-state index in [0.29, 0.717) is 12.0 Å². The summed E-state index contributed by atoms with van der Waals surface area (Å²) in [5, 5.41) is 7.75. The number of aromatic nitrogens is 1. The van der Waals surface area contributed by atoms with Crippen molar-refractivity contribution in [3.63, 3.8) is 0 Å². The molecule has 0 aliphatic heterocycles. The molecule has 0 amide bonds. The number of aliphatic hydroxyl groups is 1. The zero-order valence-electron chi connectivity index (χ0n) is 19.7. The number of rotatable bonds is 5. The lowest BCUT2D eigenvalue weighted by molar-refractivity contribution is 0.306. The molecule has 4 rings (SSSR count). The lowest BCUT2D eigenvalue weighted by Gasteiger charge is -2.24. The van der Waals surface area contributed by atoms with Gasteiger partial charge in [0.05, 0.1) is 11.5 Å². The zero-order valence-corrected chi connectivity index (χ0v) is 21.4. The van der Waals surface area contributed by atoms with Gasteiger partial charge in [-0.15, -0.1) is 11.3 Å². The number of thiazole rings is 1. The van der Waals surface area contributed by atoms with Crippen LogP contribution in [0.4, 0.5) is 0 Å². The third-order valence-corrected chi connectivity index (χ3v) is 8.15. The Bertz CT molecular complexity index is 887. The van der Waals surface area contributed by atoms with Gasteiger partial charge in [0.1, 0.15) is 0 Å². The van der Waals surface area contributed by atoms with Crippen molar-refractivity contribution in [2.45, 2.75) is 89.9 Å². The molecule has 172 valence electrons. The van der Waals surface area contributed by atoms with Gasteiger partial charge in [0.15, 0.2) is 3.95 Å². The predicted molar refractivity (Wildman–Crippen MR) is 137 cm³/mol. The number of benzene rings is 1. The largest absolute Gasteiger partial charge is 0.395 e. The second-order valence-electron chi connectivity index (χ2n) is 10.7. The second-order valence-corrected chi connectivity index (χ2v) is 12.3. The monoisotopic (exact) mass is 460 g/mol. The quantitative estimate of drug-likeness (QED) is 0.426. The average Bonchev–Trinajstić information content (AvgIpc) is 3.40. The highest BCUT2D eigenvalue weighted by atomic mass is 32.1. The number of nitrogens with two attached hydrogens (primary N) is 1. The van der Waals surface area contributed by atoms with Crippen LogP contribution in [0.15, 0.2) is 18.2 Å². The molecule has 4 N–H and O–H groups in total. The smallest absolute Gasteiger partial charge is 0.159 e. The van der Waals surface area contributed by atoms with Crippen LogP contribution in [0, 0.1) is 9.87 Å². The van der Waals surface area contributed by atoms with Gasteiger partial charge in [-0.05, 0) is 77.1 Å². The zero-order chi connectivity index (χ0) is 22.6. The number of hydrogen-bond acceptors (Lipinski definition) is 4.